The van der Waals surface area contributed by atoms with E-state index in [4.69, 9.17) is 0 Å². The van der Waals surface area contributed by atoms with Crippen LogP contribution in [0.3, 0.4) is 0 Å². The molecule has 11 heteroatoms. The normalized spacial score (nSPS) is 25.9. The second-order valence-electron chi connectivity index (χ2n) is 10.3. The van der Waals surface area contributed by atoms with Crippen molar-refractivity contribution in [2.75, 3.05) is 12.4 Å². The summed E-state index contributed by atoms with van der Waals surface area (Å²) in [5.74, 6) is -4.15. The zero-order valence-electron chi connectivity index (χ0n) is 21.5. The van der Waals surface area contributed by atoms with E-state index in [0.717, 1.165) is 36.1 Å². The van der Waals surface area contributed by atoms with E-state index in [0.29, 0.717) is 0 Å². The van der Waals surface area contributed by atoms with Crippen LogP contribution in [-0.2, 0) is 6.42 Å². The number of nitrogens with zero attached hydrogens (tertiary/aromatic N) is 3. The van der Waals surface area contributed by atoms with Crippen LogP contribution in [0.4, 0.5) is 13.2 Å². The fourth-order valence-corrected chi connectivity index (χ4v) is 9.19. The van der Waals surface area contributed by atoms with Gasteiger partial charge in [-0.2, -0.15) is 0 Å². The molecule has 2 aromatic carbocycles. The number of aliphatic hydroxyl groups excluding tert-OH is 3. The highest BCUT2D eigenvalue weighted by molar-refractivity contribution is 8.18. The van der Waals surface area contributed by atoms with Crippen LogP contribution in [0.25, 0.3) is 11.3 Å². The van der Waals surface area contributed by atoms with Crippen LogP contribution in [-0.4, -0.2) is 70.8 Å². The summed E-state index contributed by atoms with van der Waals surface area (Å²) in [5.41, 5.74) is 0.785. The molecule has 208 valence electrons. The Kier molecular flexibility index (Phi) is 8.53. The maximum atomic E-state index is 13.7. The van der Waals surface area contributed by atoms with Gasteiger partial charge in [-0.1, -0.05) is 42.8 Å². The van der Waals surface area contributed by atoms with Gasteiger partial charge in [0.05, 0.1) is 30.6 Å². The summed E-state index contributed by atoms with van der Waals surface area (Å²) in [5, 5.41) is 51.1. The Hall–Kier alpha value is -2.44. The molecule has 0 spiro atoms. The van der Waals surface area contributed by atoms with Crippen LogP contribution in [0.5, 0.6) is 0 Å². The molecule has 0 saturated carbocycles. The summed E-state index contributed by atoms with van der Waals surface area (Å²) < 4.78 is 42.1. The Morgan fingerprint density at radius 2 is 1.79 bits per heavy atom. The number of aromatic nitrogens is 3. The van der Waals surface area contributed by atoms with Crippen LogP contribution in [0.15, 0.2) is 42.6 Å². The highest BCUT2D eigenvalue weighted by Crippen LogP contribution is 2.57. The van der Waals surface area contributed by atoms with Crippen molar-refractivity contribution in [2.45, 2.75) is 68.0 Å². The third kappa shape index (κ3) is 5.48. The van der Waals surface area contributed by atoms with Crippen LogP contribution < -0.4 is 0 Å². The summed E-state index contributed by atoms with van der Waals surface area (Å²) in [7, 11) is -1.34. The predicted octanol–water partition coefficient (Wildman–Crippen LogP) is 3.47. The SMILES string of the molecule is CCCc1ccccc1[C@@H]([SH]1C[C@H](O)[C@H](n2cc(-c3cc(F)c(F)c(F)c3)nn2)[C@@H](O)[C@H]1CO)C(C)(C)O. The van der Waals surface area contributed by atoms with Gasteiger partial charge < -0.3 is 20.4 Å². The number of aryl methyl sites for hydroxylation is 1. The van der Waals surface area contributed by atoms with Crippen molar-refractivity contribution in [1.82, 2.24) is 15.0 Å². The van der Waals surface area contributed by atoms with Crippen molar-refractivity contribution >= 4 is 10.9 Å². The molecular formula is C27H34F3N3O4S. The molecule has 6 atom stereocenters. The molecule has 0 aliphatic carbocycles. The van der Waals surface area contributed by atoms with Crippen molar-refractivity contribution in [1.29, 1.82) is 0 Å². The fourth-order valence-electron chi connectivity index (χ4n) is 5.47. The Bertz CT molecular complexity index is 1250. The minimum Gasteiger partial charge on any atom is -0.395 e. The largest absolute Gasteiger partial charge is 0.395 e. The monoisotopic (exact) mass is 553 g/mol. The number of rotatable bonds is 8. The van der Waals surface area contributed by atoms with Gasteiger partial charge in [0.25, 0.3) is 0 Å². The lowest BCUT2D eigenvalue weighted by molar-refractivity contribution is 0.00570. The van der Waals surface area contributed by atoms with Gasteiger partial charge in [-0.15, -0.1) is 5.10 Å². The van der Waals surface area contributed by atoms with Crippen LogP contribution >= 0.6 is 10.9 Å². The van der Waals surface area contributed by atoms with Gasteiger partial charge in [0, 0.05) is 21.8 Å². The highest BCUT2D eigenvalue weighted by atomic mass is 32.2. The predicted molar refractivity (Wildman–Crippen MR) is 141 cm³/mol. The van der Waals surface area contributed by atoms with Gasteiger partial charge in [-0.3, -0.25) is 0 Å². The molecule has 1 aromatic heterocycles. The molecule has 1 saturated heterocycles. The first-order valence-corrected chi connectivity index (χ1v) is 14.2. The Morgan fingerprint density at radius 1 is 1.13 bits per heavy atom. The number of hydrogen-bond donors (Lipinski definition) is 5. The van der Waals surface area contributed by atoms with Gasteiger partial charge in [-0.05, 0) is 43.5 Å². The number of hydrogen-bond acceptors (Lipinski definition) is 6. The second kappa shape index (κ2) is 11.4. The van der Waals surface area contributed by atoms with E-state index in [1.165, 1.54) is 10.9 Å². The Labute approximate surface area is 222 Å². The molecule has 7 nitrogen and oxygen atoms in total. The average molecular weight is 554 g/mol. The molecule has 0 bridgehead atoms. The van der Waals surface area contributed by atoms with Crippen molar-refractivity contribution < 1.29 is 33.6 Å². The maximum Gasteiger partial charge on any atom is 0.194 e. The lowest BCUT2D eigenvalue weighted by Gasteiger charge is -2.51. The minimum atomic E-state index is -1.60. The van der Waals surface area contributed by atoms with E-state index in [1.54, 1.807) is 13.8 Å². The molecule has 4 N–H and O–H groups in total. The van der Waals surface area contributed by atoms with E-state index in [2.05, 4.69) is 17.2 Å². The van der Waals surface area contributed by atoms with Gasteiger partial charge >= 0.3 is 0 Å². The standard InChI is InChI=1S/C27H34F3N3O4S/c1-4-7-15-8-5-6-9-17(15)26(27(2,3)37)38-14-21(35)24(25(36)22(38)13-34)33-12-20(31-32-33)16-10-18(28)23(30)19(29)11-16/h5-6,8-12,21-22,24-26,34-38H,4,7,13-14H2,1-3H3/t21-,22+,24-,25-,26+/m0/s1. The zero-order valence-corrected chi connectivity index (χ0v) is 22.4. The molecular weight excluding hydrogens is 519 g/mol. The van der Waals surface area contributed by atoms with Crippen molar-refractivity contribution in [3.05, 3.63) is 71.2 Å². The first-order chi connectivity index (χ1) is 18.0. The molecule has 3 aromatic rings. The molecule has 0 amide bonds. The van der Waals surface area contributed by atoms with E-state index in [1.807, 2.05) is 24.3 Å². The number of thiol groups is 1. The molecule has 2 heterocycles. The Morgan fingerprint density at radius 3 is 2.39 bits per heavy atom. The van der Waals surface area contributed by atoms with Gasteiger partial charge in [0.1, 0.15) is 11.7 Å². The molecule has 4 rings (SSSR count). The molecule has 0 radical (unpaired) electrons. The number of halogens is 3. The molecule has 1 fully saturated rings. The average Bonchev–Trinajstić information content (AvgIpc) is 3.32. The van der Waals surface area contributed by atoms with Crippen molar-refractivity contribution in [3.63, 3.8) is 0 Å². The van der Waals surface area contributed by atoms with E-state index < -0.39 is 62.7 Å². The molecule has 1 unspecified atom stereocenters. The summed E-state index contributed by atoms with van der Waals surface area (Å²) in [4.78, 5) is 0. The minimum absolute atomic E-state index is 0.0263. The topological polar surface area (TPSA) is 112 Å². The fraction of sp³-hybridized carbons (Fsp3) is 0.481. The highest BCUT2D eigenvalue weighted by Gasteiger charge is 2.49. The Balaban J connectivity index is 1.69. The zero-order chi connectivity index (χ0) is 27.8. The van der Waals surface area contributed by atoms with E-state index >= 15 is 0 Å². The number of aliphatic hydroxyl groups is 4. The summed E-state index contributed by atoms with van der Waals surface area (Å²) in [6.07, 6.45) is 0.652. The number of benzene rings is 2. The lowest BCUT2D eigenvalue weighted by atomic mass is 9.92. The van der Waals surface area contributed by atoms with Crippen molar-refractivity contribution in [2.24, 2.45) is 0 Å². The quantitative estimate of drug-likeness (QED) is 0.216. The molecule has 38 heavy (non-hydrogen) atoms. The van der Waals surface area contributed by atoms with E-state index in [9.17, 15) is 33.6 Å². The maximum absolute atomic E-state index is 13.7. The molecule has 1 aliphatic heterocycles. The lowest BCUT2D eigenvalue weighted by Crippen LogP contribution is -2.52. The van der Waals surface area contributed by atoms with Gasteiger partial charge in [-0.25, -0.2) is 28.7 Å². The van der Waals surface area contributed by atoms with Crippen LogP contribution in [0.1, 0.15) is 49.6 Å². The summed E-state index contributed by atoms with van der Waals surface area (Å²) in [6.45, 7) is 5.09. The summed E-state index contributed by atoms with van der Waals surface area (Å²) >= 11 is 0. The summed E-state index contributed by atoms with van der Waals surface area (Å²) in [6, 6.07) is 8.38. The van der Waals surface area contributed by atoms with Crippen molar-refractivity contribution in [3.8, 4) is 11.3 Å². The van der Waals surface area contributed by atoms with E-state index in [-0.39, 0.29) is 23.6 Å². The smallest absolute Gasteiger partial charge is 0.194 e. The van der Waals surface area contributed by atoms with Crippen LogP contribution in [0.2, 0.25) is 0 Å². The third-order valence-corrected chi connectivity index (χ3v) is 10.8. The van der Waals surface area contributed by atoms with Crippen LogP contribution in [0, 0.1) is 17.5 Å². The first kappa shape index (κ1) is 28.6. The molecule has 1 aliphatic rings. The van der Waals surface area contributed by atoms with Gasteiger partial charge in [0.2, 0.25) is 0 Å². The van der Waals surface area contributed by atoms with Gasteiger partial charge in [0.15, 0.2) is 17.5 Å². The third-order valence-electron chi connectivity index (χ3n) is 7.11. The second-order valence-corrected chi connectivity index (χ2v) is 12.9. The first-order valence-electron chi connectivity index (χ1n) is 12.6.